The fourth-order valence-electron chi connectivity index (χ4n) is 3.13. The van der Waals surface area contributed by atoms with Crippen LogP contribution >= 0.6 is 0 Å². The van der Waals surface area contributed by atoms with E-state index in [0.29, 0.717) is 42.2 Å². The number of nitrogens with zero attached hydrogens (tertiary/aromatic N) is 2. The number of rotatable bonds is 4. The highest BCUT2D eigenvalue weighted by molar-refractivity contribution is 5.95. The number of pyridine rings is 1. The van der Waals surface area contributed by atoms with E-state index >= 15 is 0 Å². The van der Waals surface area contributed by atoms with Gasteiger partial charge in [0, 0.05) is 25.6 Å². The molecule has 2 amide bonds. The van der Waals surface area contributed by atoms with E-state index in [-0.39, 0.29) is 17.9 Å². The van der Waals surface area contributed by atoms with Crippen molar-refractivity contribution >= 4 is 11.8 Å². The lowest BCUT2D eigenvalue weighted by atomic mass is 10.0. The summed E-state index contributed by atoms with van der Waals surface area (Å²) in [5.74, 6) is 0.675. The molecule has 1 N–H and O–H groups in total. The van der Waals surface area contributed by atoms with Crippen molar-refractivity contribution in [2.75, 3.05) is 13.1 Å². The van der Waals surface area contributed by atoms with Gasteiger partial charge in [-0.05, 0) is 44.0 Å². The Morgan fingerprint density at radius 2 is 2.20 bits per heavy atom. The highest BCUT2D eigenvalue weighted by Gasteiger charge is 2.26. The van der Waals surface area contributed by atoms with E-state index in [9.17, 15) is 9.59 Å². The Morgan fingerprint density at radius 3 is 2.88 bits per heavy atom. The lowest BCUT2D eigenvalue weighted by Gasteiger charge is -2.33. The molecule has 1 saturated heterocycles. The number of hydrogen-bond acceptors (Lipinski definition) is 4. The van der Waals surface area contributed by atoms with Crippen molar-refractivity contribution in [2.45, 2.75) is 39.2 Å². The zero-order valence-corrected chi connectivity index (χ0v) is 14.6. The molecule has 6 heteroatoms. The van der Waals surface area contributed by atoms with Crippen molar-refractivity contribution in [2.24, 2.45) is 0 Å². The van der Waals surface area contributed by atoms with Gasteiger partial charge in [-0.3, -0.25) is 9.59 Å². The molecule has 0 bridgehead atoms. The highest BCUT2D eigenvalue weighted by atomic mass is 16.3. The van der Waals surface area contributed by atoms with Crippen LogP contribution in [0.1, 0.15) is 42.2 Å². The Balaban J connectivity index is 1.73. The molecule has 3 rings (SSSR count). The van der Waals surface area contributed by atoms with Crippen molar-refractivity contribution in [3.63, 3.8) is 0 Å². The summed E-state index contributed by atoms with van der Waals surface area (Å²) in [7, 11) is 0. The van der Waals surface area contributed by atoms with Crippen molar-refractivity contribution < 1.29 is 14.0 Å². The maximum absolute atomic E-state index is 12.9. The van der Waals surface area contributed by atoms with Crippen LogP contribution in [0.25, 0.3) is 11.5 Å². The minimum absolute atomic E-state index is 0.0277. The van der Waals surface area contributed by atoms with Crippen LogP contribution < -0.4 is 5.32 Å². The Kier molecular flexibility index (Phi) is 5.16. The van der Waals surface area contributed by atoms with Gasteiger partial charge >= 0.3 is 0 Å². The number of aromatic nitrogens is 1. The maximum atomic E-state index is 12.9. The summed E-state index contributed by atoms with van der Waals surface area (Å²) in [6.07, 6.45) is 3.85. The van der Waals surface area contributed by atoms with Gasteiger partial charge < -0.3 is 14.6 Å². The first-order valence-electron chi connectivity index (χ1n) is 8.68. The first-order valence-corrected chi connectivity index (χ1v) is 8.68. The van der Waals surface area contributed by atoms with Gasteiger partial charge in [0.05, 0.1) is 17.5 Å². The third kappa shape index (κ3) is 3.90. The van der Waals surface area contributed by atoms with E-state index in [1.54, 1.807) is 23.3 Å². The monoisotopic (exact) mass is 341 g/mol. The topological polar surface area (TPSA) is 75.4 Å². The third-order valence-electron chi connectivity index (χ3n) is 4.48. The minimum atomic E-state index is -0.0357. The minimum Gasteiger partial charge on any atom is -0.463 e. The van der Waals surface area contributed by atoms with E-state index < -0.39 is 0 Å². The van der Waals surface area contributed by atoms with Gasteiger partial charge in [-0.25, -0.2) is 4.98 Å². The molecule has 0 radical (unpaired) electrons. The summed E-state index contributed by atoms with van der Waals surface area (Å²) in [5, 5.41) is 2.99. The first kappa shape index (κ1) is 17.2. The zero-order valence-electron chi connectivity index (χ0n) is 14.6. The molecule has 2 aromatic heterocycles. The van der Waals surface area contributed by atoms with E-state index in [1.807, 2.05) is 26.0 Å². The number of likely N-dealkylation sites (tertiary alicyclic amines) is 1. The number of amides is 2. The summed E-state index contributed by atoms with van der Waals surface area (Å²) < 4.78 is 5.35. The molecule has 0 aliphatic carbocycles. The normalized spacial score (nSPS) is 17.4. The average molecular weight is 341 g/mol. The fraction of sp³-hybridized carbons (Fsp3) is 0.421. The van der Waals surface area contributed by atoms with Gasteiger partial charge in [0.15, 0.2) is 5.76 Å². The number of carbonyl (C=O) groups is 2. The summed E-state index contributed by atoms with van der Waals surface area (Å²) in [6.45, 7) is 4.91. The largest absolute Gasteiger partial charge is 0.463 e. The van der Waals surface area contributed by atoms with Gasteiger partial charge in [-0.1, -0.05) is 6.92 Å². The summed E-state index contributed by atoms with van der Waals surface area (Å²) in [5.41, 5.74) is 1.99. The van der Waals surface area contributed by atoms with Gasteiger partial charge in [-0.2, -0.15) is 0 Å². The molecule has 2 aromatic rings. The Labute approximate surface area is 147 Å². The number of nitrogens with one attached hydrogen (secondary N) is 1. The van der Waals surface area contributed by atoms with Crippen molar-refractivity contribution in [3.05, 3.63) is 41.8 Å². The van der Waals surface area contributed by atoms with E-state index in [1.165, 1.54) is 0 Å². The SMILES string of the molecule is CCC(=O)N[C@@H]1CCCN(C(=O)c2ccc(-c3ccco3)nc2C)C1. The number of furan rings is 1. The molecular weight excluding hydrogens is 318 g/mol. The molecular formula is C19H23N3O3. The van der Waals surface area contributed by atoms with E-state index in [0.717, 1.165) is 12.8 Å². The molecule has 25 heavy (non-hydrogen) atoms. The Bertz CT molecular complexity index is 755. The predicted octanol–water partition coefficient (Wildman–Crippen LogP) is 2.78. The number of carbonyl (C=O) groups excluding carboxylic acids is 2. The van der Waals surface area contributed by atoms with E-state index in [2.05, 4.69) is 10.3 Å². The second-order valence-corrected chi connectivity index (χ2v) is 6.32. The summed E-state index contributed by atoms with van der Waals surface area (Å²) in [4.78, 5) is 30.8. The quantitative estimate of drug-likeness (QED) is 0.928. The van der Waals surface area contributed by atoms with E-state index in [4.69, 9.17) is 4.42 Å². The molecule has 1 fully saturated rings. The molecule has 3 heterocycles. The average Bonchev–Trinajstić information content (AvgIpc) is 3.16. The van der Waals surface area contributed by atoms with Crippen LogP contribution in [0.2, 0.25) is 0 Å². The standard InChI is InChI=1S/C19H23N3O3/c1-3-18(23)21-14-6-4-10-22(12-14)19(24)15-8-9-16(20-13(15)2)17-7-5-11-25-17/h5,7-9,11,14H,3-4,6,10,12H2,1-2H3,(H,21,23)/t14-/m1/s1. The van der Waals surface area contributed by atoms with Crippen molar-refractivity contribution in [1.29, 1.82) is 0 Å². The predicted molar refractivity (Wildman–Crippen MR) is 94.0 cm³/mol. The Hall–Kier alpha value is -2.63. The van der Waals surface area contributed by atoms with Gasteiger partial charge in [0.2, 0.25) is 5.91 Å². The van der Waals surface area contributed by atoms with Crippen LogP contribution in [0.15, 0.2) is 34.9 Å². The molecule has 0 unspecified atom stereocenters. The summed E-state index contributed by atoms with van der Waals surface area (Å²) >= 11 is 0. The maximum Gasteiger partial charge on any atom is 0.255 e. The van der Waals surface area contributed by atoms with Crippen molar-refractivity contribution in [1.82, 2.24) is 15.2 Å². The van der Waals surface area contributed by atoms with Gasteiger partial charge in [0.1, 0.15) is 5.69 Å². The molecule has 0 spiro atoms. The smallest absolute Gasteiger partial charge is 0.255 e. The van der Waals surface area contributed by atoms with Crippen LogP contribution in [-0.2, 0) is 4.79 Å². The van der Waals surface area contributed by atoms with Crippen LogP contribution in [0.3, 0.4) is 0 Å². The lowest BCUT2D eigenvalue weighted by molar-refractivity contribution is -0.121. The first-order chi connectivity index (χ1) is 12.1. The molecule has 0 saturated carbocycles. The Morgan fingerprint density at radius 1 is 1.36 bits per heavy atom. The number of piperidine rings is 1. The lowest BCUT2D eigenvalue weighted by Crippen LogP contribution is -2.49. The van der Waals surface area contributed by atoms with Crippen LogP contribution in [0.5, 0.6) is 0 Å². The highest BCUT2D eigenvalue weighted by Crippen LogP contribution is 2.21. The van der Waals surface area contributed by atoms with Crippen LogP contribution in [-0.4, -0.2) is 40.8 Å². The van der Waals surface area contributed by atoms with Gasteiger partial charge in [-0.15, -0.1) is 0 Å². The van der Waals surface area contributed by atoms with Crippen LogP contribution in [0, 0.1) is 6.92 Å². The number of aryl methyl sites for hydroxylation is 1. The fourth-order valence-corrected chi connectivity index (χ4v) is 3.13. The molecule has 6 nitrogen and oxygen atoms in total. The second kappa shape index (κ2) is 7.51. The third-order valence-corrected chi connectivity index (χ3v) is 4.48. The van der Waals surface area contributed by atoms with Gasteiger partial charge in [0.25, 0.3) is 5.91 Å². The molecule has 1 atom stereocenters. The molecule has 1 aliphatic rings. The molecule has 132 valence electrons. The summed E-state index contributed by atoms with van der Waals surface area (Å²) in [6, 6.07) is 7.29. The molecule has 1 aliphatic heterocycles. The molecule has 0 aromatic carbocycles. The second-order valence-electron chi connectivity index (χ2n) is 6.32. The van der Waals surface area contributed by atoms with Crippen LogP contribution in [0.4, 0.5) is 0 Å². The van der Waals surface area contributed by atoms with Crippen molar-refractivity contribution in [3.8, 4) is 11.5 Å². The zero-order chi connectivity index (χ0) is 17.8. The number of hydrogen-bond donors (Lipinski definition) is 1.